The lowest BCUT2D eigenvalue weighted by Crippen LogP contribution is -2.41. The van der Waals surface area contributed by atoms with Gasteiger partial charge in [-0.2, -0.15) is 0 Å². The van der Waals surface area contributed by atoms with E-state index < -0.39 is 5.97 Å². The van der Waals surface area contributed by atoms with Gasteiger partial charge in [0.25, 0.3) is 5.91 Å². The molecule has 1 amide bonds. The van der Waals surface area contributed by atoms with Crippen molar-refractivity contribution >= 4 is 11.9 Å². The first-order chi connectivity index (χ1) is 10.6. The Bertz CT molecular complexity index is 725. The highest BCUT2D eigenvalue weighted by Gasteiger charge is 2.30. The van der Waals surface area contributed by atoms with Crippen LogP contribution in [0.1, 0.15) is 39.5 Å². The van der Waals surface area contributed by atoms with Crippen molar-refractivity contribution in [2.45, 2.75) is 19.5 Å². The summed E-state index contributed by atoms with van der Waals surface area (Å²) in [4.78, 5) is 26.0. The predicted molar refractivity (Wildman–Crippen MR) is 77.3 cm³/mol. The van der Waals surface area contributed by atoms with E-state index in [4.69, 9.17) is 0 Å². The van der Waals surface area contributed by atoms with Crippen LogP contribution in [0.25, 0.3) is 0 Å². The lowest BCUT2D eigenvalue weighted by molar-refractivity contribution is 0.0600. The zero-order valence-electron chi connectivity index (χ0n) is 12.4. The molecule has 0 fully saturated rings. The zero-order valence-corrected chi connectivity index (χ0v) is 12.4. The van der Waals surface area contributed by atoms with Crippen LogP contribution in [0.4, 0.5) is 0 Å². The molecule has 0 aliphatic carbocycles. The quantitative estimate of drug-likeness (QED) is 0.781. The van der Waals surface area contributed by atoms with Crippen molar-refractivity contribution in [3.05, 3.63) is 47.5 Å². The summed E-state index contributed by atoms with van der Waals surface area (Å²) in [5, 5.41) is 7.95. The molecule has 1 aromatic carbocycles. The van der Waals surface area contributed by atoms with E-state index in [0.717, 1.165) is 5.82 Å². The van der Waals surface area contributed by atoms with Crippen molar-refractivity contribution in [1.82, 2.24) is 19.7 Å². The predicted octanol–water partition coefficient (Wildman–Crippen LogP) is 1.28. The number of carbonyl (C=O) groups excluding carboxylic acids is 2. The standard InChI is InChI=1S/C15H16N4O3/c1-10-13-17-16-9-18(13)6-7-19(10)14(20)11-4-3-5-12(8-11)15(21)22-2/h3-5,8-10H,6-7H2,1-2H3/t10-/m0/s1. The van der Waals surface area contributed by atoms with Crippen molar-refractivity contribution in [3.8, 4) is 0 Å². The van der Waals surface area contributed by atoms with E-state index in [9.17, 15) is 9.59 Å². The first kappa shape index (κ1) is 14.2. The number of ether oxygens (including phenoxy) is 1. The SMILES string of the molecule is COC(=O)c1cccc(C(=O)N2CCn3cnnc3[C@@H]2C)c1. The molecule has 1 aromatic heterocycles. The molecule has 0 unspecified atom stereocenters. The molecule has 0 spiro atoms. The number of rotatable bonds is 2. The molecule has 0 bridgehead atoms. The van der Waals surface area contributed by atoms with E-state index in [0.29, 0.717) is 24.2 Å². The molecule has 1 aliphatic rings. The number of amides is 1. The maximum atomic E-state index is 12.7. The van der Waals surface area contributed by atoms with Crippen LogP contribution in [0, 0.1) is 0 Å². The minimum atomic E-state index is -0.457. The molecule has 0 radical (unpaired) electrons. The van der Waals surface area contributed by atoms with Gasteiger partial charge in [0.2, 0.25) is 0 Å². The number of aromatic nitrogens is 3. The van der Waals surface area contributed by atoms with Gasteiger partial charge in [-0.05, 0) is 25.1 Å². The number of carbonyl (C=O) groups is 2. The van der Waals surface area contributed by atoms with Crippen LogP contribution in [0.2, 0.25) is 0 Å². The molecule has 3 rings (SSSR count). The lowest BCUT2D eigenvalue weighted by Gasteiger charge is -2.33. The van der Waals surface area contributed by atoms with Crippen molar-refractivity contribution in [1.29, 1.82) is 0 Å². The number of hydrogen-bond acceptors (Lipinski definition) is 5. The smallest absolute Gasteiger partial charge is 0.337 e. The Balaban J connectivity index is 1.87. The number of nitrogens with zero attached hydrogens (tertiary/aromatic N) is 4. The van der Waals surface area contributed by atoms with Crippen LogP contribution >= 0.6 is 0 Å². The van der Waals surface area contributed by atoms with E-state index in [1.807, 2.05) is 11.5 Å². The van der Waals surface area contributed by atoms with Gasteiger partial charge in [0.1, 0.15) is 6.33 Å². The molecule has 0 saturated heterocycles. The Morgan fingerprint density at radius 3 is 2.82 bits per heavy atom. The molecule has 1 aliphatic heterocycles. The Morgan fingerprint density at radius 2 is 2.05 bits per heavy atom. The van der Waals surface area contributed by atoms with E-state index in [2.05, 4.69) is 14.9 Å². The van der Waals surface area contributed by atoms with Gasteiger partial charge in [-0.25, -0.2) is 4.79 Å². The van der Waals surface area contributed by atoms with Crippen molar-refractivity contribution in [3.63, 3.8) is 0 Å². The third-order valence-electron chi connectivity index (χ3n) is 3.86. The van der Waals surface area contributed by atoms with Gasteiger partial charge in [-0.1, -0.05) is 6.07 Å². The second-order valence-corrected chi connectivity index (χ2v) is 5.13. The molecule has 7 heteroatoms. The highest BCUT2D eigenvalue weighted by molar-refractivity contribution is 5.98. The van der Waals surface area contributed by atoms with Crippen LogP contribution in [0.5, 0.6) is 0 Å². The highest BCUT2D eigenvalue weighted by Crippen LogP contribution is 2.24. The minimum Gasteiger partial charge on any atom is -0.465 e. The van der Waals surface area contributed by atoms with Gasteiger partial charge in [0, 0.05) is 18.7 Å². The van der Waals surface area contributed by atoms with Gasteiger partial charge in [0.05, 0.1) is 18.7 Å². The average Bonchev–Trinajstić information content (AvgIpc) is 3.03. The second-order valence-electron chi connectivity index (χ2n) is 5.13. The topological polar surface area (TPSA) is 77.3 Å². The van der Waals surface area contributed by atoms with Crippen LogP contribution < -0.4 is 0 Å². The van der Waals surface area contributed by atoms with E-state index in [1.54, 1.807) is 35.5 Å². The Labute approximate surface area is 127 Å². The molecule has 2 aromatic rings. The Kier molecular flexibility index (Phi) is 3.62. The Hall–Kier alpha value is -2.70. The normalized spacial score (nSPS) is 17.0. The molecule has 1 atom stereocenters. The van der Waals surface area contributed by atoms with Crippen LogP contribution in [-0.4, -0.2) is 45.2 Å². The summed E-state index contributed by atoms with van der Waals surface area (Å²) in [6, 6.07) is 6.39. The molecular weight excluding hydrogens is 284 g/mol. The first-order valence-electron chi connectivity index (χ1n) is 6.99. The van der Waals surface area contributed by atoms with E-state index in [-0.39, 0.29) is 11.9 Å². The summed E-state index contributed by atoms with van der Waals surface area (Å²) in [6.07, 6.45) is 1.67. The largest absolute Gasteiger partial charge is 0.465 e. The van der Waals surface area contributed by atoms with Gasteiger partial charge in [-0.3, -0.25) is 4.79 Å². The summed E-state index contributed by atoms with van der Waals surface area (Å²) in [5.41, 5.74) is 0.823. The molecular formula is C15H16N4O3. The maximum Gasteiger partial charge on any atom is 0.337 e. The molecule has 0 N–H and O–H groups in total. The molecule has 2 heterocycles. The van der Waals surface area contributed by atoms with Gasteiger partial charge in [-0.15, -0.1) is 10.2 Å². The van der Waals surface area contributed by atoms with Gasteiger partial charge >= 0.3 is 5.97 Å². The van der Waals surface area contributed by atoms with Crippen molar-refractivity contribution in [2.24, 2.45) is 0 Å². The van der Waals surface area contributed by atoms with E-state index >= 15 is 0 Å². The van der Waals surface area contributed by atoms with Crippen molar-refractivity contribution < 1.29 is 14.3 Å². The third kappa shape index (κ3) is 2.34. The number of methoxy groups -OCH3 is 1. The third-order valence-corrected chi connectivity index (χ3v) is 3.86. The zero-order chi connectivity index (χ0) is 15.7. The average molecular weight is 300 g/mol. The van der Waals surface area contributed by atoms with Crippen LogP contribution in [0.3, 0.4) is 0 Å². The van der Waals surface area contributed by atoms with E-state index in [1.165, 1.54) is 7.11 Å². The summed E-state index contributed by atoms with van der Waals surface area (Å²) in [6.45, 7) is 3.16. The van der Waals surface area contributed by atoms with Gasteiger partial charge < -0.3 is 14.2 Å². The summed E-state index contributed by atoms with van der Waals surface area (Å²) in [5.74, 6) is 0.178. The molecule has 0 saturated carbocycles. The molecule has 114 valence electrons. The highest BCUT2D eigenvalue weighted by atomic mass is 16.5. The summed E-state index contributed by atoms with van der Waals surface area (Å²) in [7, 11) is 1.32. The number of esters is 1. The number of benzene rings is 1. The van der Waals surface area contributed by atoms with Crippen molar-refractivity contribution in [2.75, 3.05) is 13.7 Å². The minimum absolute atomic E-state index is 0.132. The number of hydrogen-bond donors (Lipinski definition) is 0. The molecule has 22 heavy (non-hydrogen) atoms. The maximum absolute atomic E-state index is 12.7. The number of fused-ring (bicyclic) bond motifs is 1. The van der Waals surface area contributed by atoms with Crippen LogP contribution in [-0.2, 0) is 11.3 Å². The van der Waals surface area contributed by atoms with Crippen LogP contribution in [0.15, 0.2) is 30.6 Å². The summed E-state index contributed by atoms with van der Waals surface area (Å²) < 4.78 is 6.63. The summed E-state index contributed by atoms with van der Waals surface area (Å²) >= 11 is 0. The fourth-order valence-electron chi connectivity index (χ4n) is 2.65. The first-order valence-corrected chi connectivity index (χ1v) is 6.99. The monoisotopic (exact) mass is 300 g/mol. The lowest BCUT2D eigenvalue weighted by atomic mass is 10.1. The Morgan fingerprint density at radius 1 is 1.27 bits per heavy atom. The fourth-order valence-corrected chi connectivity index (χ4v) is 2.65. The second kappa shape index (κ2) is 5.59. The fraction of sp³-hybridized carbons (Fsp3) is 0.333. The molecule has 7 nitrogen and oxygen atoms in total. The van der Waals surface area contributed by atoms with Gasteiger partial charge in [0.15, 0.2) is 5.82 Å².